The minimum absolute atomic E-state index is 0.193. The van der Waals surface area contributed by atoms with Crippen LogP contribution in [-0.2, 0) is 0 Å². The van der Waals surface area contributed by atoms with Gasteiger partial charge >= 0.3 is 0 Å². The van der Waals surface area contributed by atoms with Gasteiger partial charge in [-0.25, -0.2) is 0 Å². The summed E-state index contributed by atoms with van der Waals surface area (Å²) in [5.41, 5.74) is 4.63. The second-order valence-corrected chi connectivity index (χ2v) is 5.09. The summed E-state index contributed by atoms with van der Waals surface area (Å²) in [7, 11) is 0. The molecular weight excluding hydrogens is 218 g/mol. The van der Waals surface area contributed by atoms with Crippen molar-refractivity contribution in [2.24, 2.45) is 10.9 Å². The lowest BCUT2D eigenvalue weighted by molar-refractivity contribution is 0.794. The van der Waals surface area contributed by atoms with Gasteiger partial charge in [0.15, 0.2) is 0 Å². The Labute approximate surface area is 113 Å². The van der Waals surface area contributed by atoms with Gasteiger partial charge in [0.05, 0.1) is 6.04 Å². The lowest BCUT2D eigenvalue weighted by atomic mass is 10.0. The standard InChI is InChI=1S/C17H27N/c1-9-10-13(4)16(7)18-17(8)15(6)11-14(5)12(2)3/h9-12,16H,1,5H2,2-4,6-8H3/b13-10+,15-11+,18-17-/t16-/m1/s1. The average Bonchev–Trinajstić information content (AvgIpc) is 2.28. The first-order valence-corrected chi connectivity index (χ1v) is 6.50. The Balaban J connectivity index is 4.94. The summed E-state index contributed by atoms with van der Waals surface area (Å²) in [6.07, 6.45) is 5.94. The smallest absolute Gasteiger partial charge is 0.0684 e. The summed E-state index contributed by atoms with van der Waals surface area (Å²) in [6, 6.07) is 0.193. The molecule has 0 bridgehead atoms. The molecule has 0 aliphatic carbocycles. The molecular formula is C17H27N. The van der Waals surface area contributed by atoms with E-state index in [4.69, 9.17) is 4.99 Å². The van der Waals surface area contributed by atoms with Gasteiger partial charge in [0, 0.05) is 5.71 Å². The number of rotatable bonds is 6. The van der Waals surface area contributed by atoms with Crippen molar-refractivity contribution >= 4 is 5.71 Å². The van der Waals surface area contributed by atoms with Crippen molar-refractivity contribution < 1.29 is 0 Å². The van der Waals surface area contributed by atoms with Crippen LogP contribution in [0.2, 0.25) is 0 Å². The maximum absolute atomic E-state index is 4.70. The monoisotopic (exact) mass is 245 g/mol. The van der Waals surface area contributed by atoms with Crippen molar-refractivity contribution in [3.05, 3.63) is 48.1 Å². The summed E-state index contributed by atoms with van der Waals surface area (Å²) >= 11 is 0. The van der Waals surface area contributed by atoms with Crippen LogP contribution in [-0.4, -0.2) is 11.8 Å². The molecule has 0 aromatic heterocycles. The van der Waals surface area contributed by atoms with E-state index in [0.29, 0.717) is 5.92 Å². The van der Waals surface area contributed by atoms with Crippen molar-refractivity contribution in [2.75, 3.05) is 0 Å². The Bertz CT molecular complexity index is 392. The molecule has 0 saturated carbocycles. The molecule has 100 valence electrons. The zero-order chi connectivity index (χ0) is 14.3. The molecule has 1 atom stereocenters. The number of hydrogen-bond acceptors (Lipinski definition) is 1. The first-order chi connectivity index (χ1) is 8.29. The van der Waals surface area contributed by atoms with Gasteiger partial charge in [0.2, 0.25) is 0 Å². The molecule has 0 heterocycles. The Morgan fingerprint density at radius 1 is 1.11 bits per heavy atom. The molecule has 0 aliphatic heterocycles. The lowest BCUT2D eigenvalue weighted by Gasteiger charge is -2.11. The molecule has 0 aliphatic rings. The van der Waals surface area contributed by atoms with Crippen molar-refractivity contribution in [1.29, 1.82) is 0 Å². The lowest BCUT2D eigenvalue weighted by Crippen LogP contribution is -2.05. The molecule has 0 unspecified atom stereocenters. The average molecular weight is 245 g/mol. The Morgan fingerprint density at radius 2 is 1.67 bits per heavy atom. The van der Waals surface area contributed by atoms with Crippen LogP contribution in [0.4, 0.5) is 0 Å². The maximum atomic E-state index is 4.70. The normalized spacial score (nSPS) is 15.8. The Kier molecular flexibility index (Phi) is 7.26. The van der Waals surface area contributed by atoms with Crippen molar-refractivity contribution in [3.8, 4) is 0 Å². The van der Waals surface area contributed by atoms with E-state index in [0.717, 1.165) is 11.3 Å². The van der Waals surface area contributed by atoms with Crippen molar-refractivity contribution in [2.45, 2.75) is 47.6 Å². The molecule has 0 radical (unpaired) electrons. The van der Waals surface area contributed by atoms with Gasteiger partial charge < -0.3 is 0 Å². The van der Waals surface area contributed by atoms with Gasteiger partial charge in [-0.1, -0.05) is 50.8 Å². The van der Waals surface area contributed by atoms with Crippen LogP contribution in [0.3, 0.4) is 0 Å². The highest BCUT2D eigenvalue weighted by molar-refractivity contribution is 5.98. The van der Waals surface area contributed by atoms with E-state index in [-0.39, 0.29) is 6.04 Å². The summed E-state index contributed by atoms with van der Waals surface area (Å²) in [5, 5.41) is 0. The van der Waals surface area contributed by atoms with Gasteiger partial charge in [0.1, 0.15) is 0 Å². The van der Waals surface area contributed by atoms with Gasteiger partial charge in [-0.05, 0) is 44.8 Å². The zero-order valence-electron chi connectivity index (χ0n) is 12.7. The van der Waals surface area contributed by atoms with E-state index in [1.54, 1.807) is 6.08 Å². The van der Waals surface area contributed by atoms with E-state index in [1.807, 2.05) is 6.08 Å². The summed E-state index contributed by atoms with van der Waals surface area (Å²) in [4.78, 5) is 4.70. The molecule has 0 aromatic carbocycles. The highest BCUT2D eigenvalue weighted by atomic mass is 14.8. The number of nitrogens with zero attached hydrogens (tertiary/aromatic N) is 1. The zero-order valence-corrected chi connectivity index (χ0v) is 12.7. The summed E-state index contributed by atoms with van der Waals surface area (Å²) in [6.45, 7) is 20.4. The molecule has 0 rings (SSSR count). The van der Waals surface area contributed by atoms with Gasteiger partial charge in [0.25, 0.3) is 0 Å². The highest BCUT2D eigenvalue weighted by Gasteiger charge is 2.04. The first kappa shape index (κ1) is 16.6. The van der Waals surface area contributed by atoms with Gasteiger partial charge in [-0.2, -0.15) is 0 Å². The summed E-state index contributed by atoms with van der Waals surface area (Å²) in [5.74, 6) is 0.479. The number of aliphatic imine (C=N–C) groups is 1. The molecule has 0 N–H and O–H groups in total. The summed E-state index contributed by atoms with van der Waals surface area (Å²) < 4.78 is 0. The van der Waals surface area contributed by atoms with E-state index < -0.39 is 0 Å². The second kappa shape index (κ2) is 7.86. The van der Waals surface area contributed by atoms with E-state index in [9.17, 15) is 0 Å². The second-order valence-electron chi connectivity index (χ2n) is 5.09. The van der Waals surface area contributed by atoms with Crippen LogP contribution in [0.1, 0.15) is 41.5 Å². The number of allylic oxidation sites excluding steroid dienone is 5. The molecule has 1 heteroatoms. The third-order valence-electron chi connectivity index (χ3n) is 3.14. The fourth-order valence-corrected chi connectivity index (χ4v) is 1.37. The van der Waals surface area contributed by atoms with Gasteiger partial charge in [-0.3, -0.25) is 4.99 Å². The Hall–Kier alpha value is -1.37. The first-order valence-electron chi connectivity index (χ1n) is 6.50. The maximum Gasteiger partial charge on any atom is 0.0684 e. The van der Waals surface area contributed by atoms with Gasteiger partial charge in [-0.15, -0.1) is 0 Å². The minimum atomic E-state index is 0.193. The van der Waals surface area contributed by atoms with Crippen LogP contribution >= 0.6 is 0 Å². The third kappa shape index (κ3) is 5.81. The largest absolute Gasteiger partial charge is 0.282 e. The molecule has 18 heavy (non-hydrogen) atoms. The molecule has 0 fully saturated rings. The molecule has 0 amide bonds. The molecule has 0 aromatic rings. The van der Waals surface area contributed by atoms with E-state index in [1.165, 1.54) is 11.1 Å². The minimum Gasteiger partial charge on any atom is -0.282 e. The third-order valence-corrected chi connectivity index (χ3v) is 3.14. The predicted octanol–water partition coefficient (Wildman–Crippen LogP) is 5.13. The van der Waals surface area contributed by atoms with Crippen LogP contribution in [0.15, 0.2) is 53.1 Å². The predicted molar refractivity (Wildman–Crippen MR) is 84.3 cm³/mol. The van der Waals surface area contributed by atoms with E-state index >= 15 is 0 Å². The highest BCUT2D eigenvalue weighted by Crippen LogP contribution is 2.13. The molecule has 0 saturated heterocycles. The van der Waals surface area contributed by atoms with Crippen molar-refractivity contribution in [1.82, 2.24) is 0 Å². The molecule has 0 spiro atoms. The topological polar surface area (TPSA) is 12.4 Å². The SMILES string of the molecule is C=C/C=C(\C)[C@@H](C)/N=C(C)\C(C)=C\C(=C)C(C)C. The molecule has 1 nitrogen and oxygen atoms in total. The van der Waals surface area contributed by atoms with Crippen molar-refractivity contribution in [3.63, 3.8) is 0 Å². The Morgan fingerprint density at radius 3 is 2.11 bits per heavy atom. The van der Waals surface area contributed by atoms with E-state index in [2.05, 4.69) is 60.8 Å². The fourth-order valence-electron chi connectivity index (χ4n) is 1.37. The van der Waals surface area contributed by atoms with Crippen LogP contribution in [0.25, 0.3) is 0 Å². The number of hydrogen-bond donors (Lipinski definition) is 0. The fraction of sp³-hybridized carbons (Fsp3) is 0.471. The van der Waals surface area contributed by atoms with Crippen LogP contribution < -0.4 is 0 Å². The van der Waals surface area contributed by atoms with Crippen LogP contribution in [0, 0.1) is 5.92 Å². The quantitative estimate of drug-likeness (QED) is 0.454. The van der Waals surface area contributed by atoms with Crippen LogP contribution in [0.5, 0.6) is 0 Å².